The molecule has 1 atom stereocenters. The van der Waals surface area contributed by atoms with Crippen molar-refractivity contribution >= 4 is 38.9 Å². The molecule has 21 heavy (non-hydrogen) atoms. The third kappa shape index (κ3) is 4.00. The molecule has 2 aromatic rings. The molecule has 1 nitrogen and oxygen atoms in total. The number of hydrogen-bond donors (Lipinski definition) is 1. The van der Waals surface area contributed by atoms with Crippen LogP contribution in [0.4, 0.5) is 13.2 Å². The second kappa shape index (κ2) is 6.69. The van der Waals surface area contributed by atoms with Crippen molar-refractivity contribution in [2.45, 2.75) is 19.1 Å². The van der Waals surface area contributed by atoms with Gasteiger partial charge in [-0.05, 0) is 46.2 Å². The number of nitrogens with one attached hydrogen (secondary N) is 1. The molecule has 114 valence electrons. The third-order valence-electron chi connectivity index (χ3n) is 2.93. The molecule has 0 aliphatic rings. The van der Waals surface area contributed by atoms with Gasteiger partial charge < -0.3 is 5.32 Å². The van der Waals surface area contributed by atoms with Crippen LogP contribution in [0, 0.1) is 0 Å². The summed E-state index contributed by atoms with van der Waals surface area (Å²) in [5.41, 5.74) is 0.127. The highest BCUT2D eigenvalue weighted by molar-refractivity contribution is 9.10. The Bertz CT molecular complexity index is 590. The SMILES string of the molecule is CCNC(c1ccc(C(F)(F)F)cc1)c1cc(Br)c(Cl)s1. The van der Waals surface area contributed by atoms with Gasteiger partial charge in [0.25, 0.3) is 0 Å². The Morgan fingerprint density at radius 1 is 1.29 bits per heavy atom. The number of halogens is 5. The summed E-state index contributed by atoms with van der Waals surface area (Å²) < 4.78 is 39.2. The van der Waals surface area contributed by atoms with Crippen molar-refractivity contribution in [3.05, 3.63) is 55.1 Å². The molecule has 2 rings (SSSR count). The Labute approximate surface area is 138 Å². The largest absolute Gasteiger partial charge is 0.416 e. The molecule has 1 aromatic heterocycles. The molecule has 1 heterocycles. The van der Waals surface area contributed by atoms with Crippen LogP contribution in [-0.4, -0.2) is 6.54 Å². The smallest absolute Gasteiger partial charge is 0.306 e. The van der Waals surface area contributed by atoms with Crippen molar-refractivity contribution in [1.29, 1.82) is 0 Å². The van der Waals surface area contributed by atoms with Gasteiger partial charge in [-0.15, -0.1) is 11.3 Å². The second-order valence-electron chi connectivity index (χ2n) is 4.38. The van der Waals surface area contributed by atoms with E-state index in [9.17, 15) is 13.2 Å². The molecule has 1 unspecified atom stereocenters. The zero-order chi connectivity index (χ0) is 15.6. The van der Waals surface area contributed by atoms with Gasteiger partial charge in [-0.2, -0.15) is 13.2 Å². The minimum absolute atomic E-state index is 0.175. The van der Waals surface area contributed by atoms with Crippen LogP contribution in [0.25, 0.3) is 0 Å². The molecule has 1 aromatic carbocycles. The molecule has 0 amide bonds. The first-order valence-electron chi connectivity index (χ1n) is 6.18. The average molecular weight is 399 g/mol. The Kier molecular flexibility index (Phi) is 5.35. The molecule has 0 aliphatic carbocycles. The van der Waals surface area contributed by atoms with Gasteiger partial charge in [-0.25, -0.2) is 0 Å². The van der Waals surface area contributed by atoms with Gasteiger partial charge in [0.05, 0.1) is 11.6 Å². The average Bonchev–Trinajstić information content (AvgIpc) is 2.75. The van der Waals surface area contributed by atoms with E-state index in [1.807, 2.05) is 13.0 Å². The van der Waals surface area contributed by atoms with Gasteiger partial charge in [0.1, 0.15) is 4.34 Å². The van der Waals surface area contributed by atoms with Gasteiger partial charge in [-0.1, -0.05) is 30.7 Å². The van der Waals surface area contributed by atoms with Gasteiger partial charge >= 0.3 is 6.18 Å². The van der Waals surface area contributed by atoms with Crippen molar-refractivity contribution in [1.82, 2.24) is 5.32 Å². The summed E-state index contributed by atoms with van der Waals surface area (Å²) in [4.78, 5) is 0.952. The van der Waals surface area contributed by atoms with Crippen molar-refractivity contribution in [2.75, 3.05) is 6.54 Å². The summed E-state index contributed by atoms with van der Waals surface area (Å²) in [5, 5.41) is 3.26. The quantitative estimate of drug-likeness (QED) is 0.678. The van der Waals surface area contributed by atoms with E-state index in [2.05, 4.69) is 21.2 Å². The van der Waals surface area contributed by atoms with Crippen LogP contribution in [0.3, 0.4) is 0 Å². The standard InChI is InChI=1S/C14H12BrClF3NS/c1-2-20-12(11-7-10(15)13(16)21-11)8-3-5-9(6-4-8)14(17,18)19/h3-7,12,20H,2H2,1H3. The van der Waals surface area contributed by atoms with Crippen LogP contribution in [0.2, 0.25) is 4.34 Å². The summed E-state index contributed by atoms with van der Waals surface area (Å²) in [6, 6.07) is 6.91. The first kappa shape index (κ1) is 16.8. The molecule has 0 bridgehead atoms. The highest BCUT2D eigenvalue weighted by atomic mass is 79.9. The lowest BCUT2D eigenvalue weighted by Gasteiger charge is -2.17. The molecular formula is C14H12BrClF3NS. The fourth-order valence-electron chi connectivity index (χ4n) is 1.96. The Morgan fingerprint density at radius 2 is 1.90 bits per heavy atom. The maximum absolute atomic E-state index is 12.6. The van der Waals surface area contributed by atoms with E-state index in [1.165, 1.54) is 23.5 Å². The zero-order valence-corrected chi connectivity index (χ0v) is 14.1. The first-order chi connectivity index (χ1) is 9.82. The van der Waals surface area contributed by atoms with Gasteiger partial charge in [0.15, 0.2) is 0 Å². The Hall–Kier alpha value is -0.560. The van der Waals surface area contributed by atoms with Crippen molar-refractivity contribution < 1.29 is 13.2 Å². The van der Waals surface area contributed by atoms with Crippen molar-refractivity contribution in [3.8, 4) is 0 Å². The lowest BCUT2D eigenvalue weighted by molar-refractivity contribution is -0.137. The maximum Gasteiger partial charge on any atom is 0.416 e. The van der Waals surface area contributed by atoms with Crippen LogP contribution in [-0.2, 0) is 6.18 Å². The molecule has 0 saturated carbocycles. The second-order valence-corrected chi connectivity index (χ2v) is 6.92. The molecule has 1 N–H and O–H groups in total. The fraction of sp³-hybridized carbons (Fsp3) is 0.286. The maximum atomic E-state index is 12.6. The van der Waals surface area contributed by atoms with Crippen molar-refractivity contribution in [2.24, 2.45) is 0 Å². The number of thiophene rings is 1. The van der Waals surface area contributed by atoms with Crippen LogP contribution < -0.4 is 5.32 Å². The number of benzene rings is 1. The summed E-state index contributed by atoms with van der Waals surface area (Å²) in [5.74, 6) is 0. The highest BCUT2D eigenvalue weighted by Crippen LogP contribution is 2.38. The molecule has 7 heteroatoms. The minimum atomic E-state index is -4.32. The summed E-state index contributed by atoms with van der Waals surface area (Å²) >= 11 is 10.8. The van der Waals surface area contributed by atoms with E-state index in [0.29, 0.717) is 10.9 Å². The van der Waals surface area contributed by atoms with E-state index in [0.717, 1.165) is 27.0 Å². The number of alkyl halides is 3. The summed E-state index contributed by atoms with van der Waals surface area (Å²) in [6.07, 6.45) is -4.32. The number of rotatable bonds is 4. The van der Waals surface area contributed by atoms with E-state index in [1.54, 1.807) is 0 Å². The summed E-state index contributed by atoms with van der Waals surface area (Å²) in [6.45, 7) is 2.64. The highest BCUT2D eigenvalue weighted by Gasteiger charge is 2.30. The van der Waals surface area contributed by atoms with Gasteiger partial charge in [0.2, 0.25) is 0 Å². The molecule has 0 spiro atoms. The van der Waals surface area contributed by atoms with Crippen LogP contribution in [0.5, 0.6) is 0 Å². The summed E-state index contributed by atoms with van der Waals surface area (Å²) in [7, 11) is 0. The fourth-order valence-corrected chi connectivity index (χ4v) is 3.80. The monoisotopic (exact) mass is 397 g/mol. The Balaban J connectivity index is 2.34. The topological polar surface area (TPSA) is 12.0 Å². The molecule has 0 fully saturated rings. The van der Waals surface area contributed by atoms with Gasteiger partial charge in [0, 0.05) is 9.35 Å². The first-order valence-corrected chi connectivity index (χ1v) is 8.17. The van der Waals surface area contributed by atoms with Crippen LogP contribution in [0.1, 0.15) is 29.0 Å². The predicted octanol–water partition coefficient (Wildman–Crippen LogP) is 5.88. The van der Waals surface area contributed by atoms with Crippen molar-refractivity contribution in [3.63, 3.8) is 0 Å². The molecule has 0 saturated heterocycles. The lowest BCUT2D eigenvalue weighted by atomic mass is 10.0. The normalized spacial score (nSPS) is 13.4. The predicted molar refractivity (Wildman–Crippen MR) is 84.0 cm³/mol. The number of hydrogen-bond acceptors (Lipinski definition) is 2. The van der Waals surface area contributed by atoms with Crippen LogP contribution >= 0.6 is 38.9 Å². The zero-order valence-electron chi connectivity index (χ0n) is 11.0. The van der Waals surface area contributed by atoms with Gasteiger partial charge in [-0.3, -0.25) is 0 Å². The van der Waals surface area contributed by atoms with E-state index in [4.69, 9.17) is 11.6 Å². The van der Waals surface area contributed by atoms with E-state index >= 15 is 0 Å². The van der Waals surface area contributed by atoms with E-state index in [-0.39, 0.29) is 6.04 Å². The van der Waals surface area contributed by atoms with E-state index < -0.39 is 11.7 Å². The van der Waals surface area contributed by atoms with Crippen LogP contribution in [0.15, 0.2) is 34.8 Å². The minimum Gasteiger partial charge on any atom is -0.306 e. The lowest BCUT2D eigenvalue weighted by Crippen LogP contribution is -2.21. The molecule has 0 aliphatic heterocycles. The molecular weight excluding hydrogens is 387 g/mol. The Morgan fingerprint density at radius 3 is 2.33 bits per heavy atom. The molecule has 0 radical (unpaired) electrons. The third-order valence-corrected chi connectivity index (χ3v) is 5.47.